The van der Waals surface area contributed by atoms with E-state index >= 15 is 0 Å². The zero-order chi connectivity index (χ0) is 12.5. The van der Waals surface area contributed by atoms with Crippen LogP contribution in [0.3, 0.4) is 0 Å². The maximum Gasteiger partial charge on any atom is 0.298 e. The number of hydrogen-bond donors (Lipinski definition) is 1. The quantitative estimate of drug-likeness (QED) is 0.716. The fourth-order valence-corrected chi connectivity index (χ4v) is 1.80. The van der Waals surface area contributed by atoms with Crippen LogP contribution in [0.15, 0.2) is 45.4 Å². The van der Waals surface area contributed by atoms with Crippen LogP contribution in [-0.2, 0) is 6.54 Å². The van der Waals surface area contributed by atoms with Crippen LogP contribution in [-0.4, -0.2) is 12.0 Å². The molecule has 0 bridgehead atoms. The first-order chi connectivity index (χ1) is 8.72. The predicted molar refractivity (Wildman–Crippen MR) is 69.2 cm³/mol. The van der Waals surface area contributed by atoms with E-state index < -0.39 is 0 Å². The van der Waals surface area contributed by atoms with Gasteiger partial charge in [-0.15, -0.1) is 0 Å². The minimum atomic E-state index is 0.548. The molecule has 2 heterocycles. The van der Waals surface area contributed by atoms with Crippen molar-refractivity contribution in [2.45, 2.75) is 6.54 Å². The number of benzene rings is 1. The third-order valence-electron chi connectivity index (χ3n) is 2.70. The van der Waals surface area contributed by atoms with E-state index in [1.807, 2.05) is 30.1 Å². The maximum absolute atomic E-state index is 5.71. The van der Waals surface area contributed by atoms with E-state index in [1.165, 1.54) is 0 Å². The second-order valence-corrected chi connectivity index (χ2v) is 4.16. The molecule has 2 N–H and O–H groups in total. The van der Waals surface area contributed by atoms with Gasteiger partial charge >= 0.3 is 0 Å². The lowest BCUT2D eigenvalue weighted by atomic mass is 10.3. The largest absolute Gasteiger partial charge is 0.467 e. The highest BCUT2D eigenvalue weighted by Gasteiger charge is 2.11. The van der Waals surface area contributed by atoms with E-state index in [4.69, 9.17) is 14.6 Å². The van der Waals surface area contributed by atoms with E-state index in [1.54, 1.807) is 18.4 Å². The summed E-state index contributed by atoms with van der Waals surface area (Å²) in [5, 5.41) is 0. The molecule has 0 saturated carbocycles. The summed E-state index contributed by atoms with van der Waals surface area (Å²) in [6, 6.07) is 9.73. The van der Waals surface area contributed by atoms with Crippen molar-refractivity contribution in [1.29, 1.82) is 0 Å². The summed E-state index contributed by atoms with van der Waals surface area (Å²) < 4.78 is 10.9. The molecule has 1 aromatic carbocycles. The van der Waals surface area contributed by atoms with Crippen molar-refractivity contribution in [1.82, 2.24) is 4.98 Å². The Morgan fingerprint density at radius 2 is 2.22 bits per heavy atom. The van der Waals surface area contributed by atoms with E-state index in [0.717, 1.165) is 16.9 Å². The number of nitrogens with zero attached hydrogens (tertiary/aromatic N) is 2. The Balaban J connectivity index is 1.89. The van der Waals surface area contributed by atoms with E-state index in [9.17, 15) is 0 Å². The Kier molecular flexibility index (Phi) is 2.44. The van der Waals surface area contributed by atoms with Crippen molar-refractivity contribution in [3.8, 4) is 0 Å². The normalized spacial score (nSPS) is 10.9. The second-order valence-electron chi connectivity index (χ2n) is 4.16. The van der Waals surface area contributed by atoms with Gasteiger partial charge in [-0.05, 0) is 30.3 Å². The summed E-state index contributed by atoms with van der Waals surface area (Å²) in [6.07, 6.45) is 1.65. The molecule has 2 aromatic heterocycles. The predicted octanol–water partition coefficient (Wildman–Crippen LogP) is 2.64. The molecule has 5 heteroatoms. The van der Waals surface area contributed by atoms with Gasteiger partial charge in [0, 0.05) is 12.7 Å². The smallest absolute Gasteiger partial charge is 0.298 e. The average Bonchev–Trinajstić information content (AvgIpc) is 2.96. The summed E-state index contributed by atoms with van der Waals surface area (Å²) in [6.45, 7) is 0.606. The highest BCUT2D eigenvalue weighted by Crippen LogP contribution is 2.23. The molecule has 0 atom stereocenters. The topological polar surface area (TPSA) is 68.4 Å². The molecule has 0 aliphatic heterocycles. The molecule has 5 nitrogen and oxygen atoms in total. The van der Waals surface area contributed by atoms with Crippen LogP contribution < -0.4 is 10.6 Å². The van der Waals surface area contributed by atoms with Crippen molar-refractivity contribution in [2.24, 2.45) is 0 Å². The Morgan fingerprint density at radius 1 is 1.33 bits per heavy atom. The van der Waals surface area contributed by atoms with E-state index in [2.05, 4.69) is 4.98 Å². The van der Waals surface area contributed by atoms with Crippen LogP contribution >= 0.6 is 0 Å². The zero-order valence-corrected chi connectivity index (χ0v) is 9.96. The fraction of sp³-hybridized carbons (Fsp3) is 0.154. The number of aromatic nitrogens is 1. The van der Waals surface area contributed by atoms with Crippen LogP contribution in [0.2, 0.25) is 0 Å². The van der Waals surface area contributed by atoms with Crippen molar-refractivity contribution in [2.75, 3.05) is 17.7 Å². The van der Waals surface area contributed by atoms with Crippen LogP contribution in [0.5, 0.6) is 0 Å². The summed E-state index contributed by atoms with van der Waals surface area (Å²) in [7, 11) is 1.90. The first kappa shape index (κ1) is 10.7. The second kappa shape index (κ2) is 4.10. The van der Waals surface area contributed by atoms with Gasteiger partial charge in [-0.2, -0.15) is 4.98 Å². The van der Waals surface area contributed by atoms with Crippen LogP contribution in [0.4, 0.5) is 11.7 Å². The van der Waals surface area contributed by atoms with Gasteiger partial charge in [0.25, 0.3) is 6.01 Å². The zero-order valence-electron chi connectivity index (χ0n) is 9.96. The molecular weight excluding hydrogens is 230 g/mol. The lowest BCUT2D eigenvalue weighted by Gasteiger charge is -2.11. The molecule has 3 rings (SSSR count). The Hall–Kier alpha value is -2.43. The summed E-state index contributed by atoms with van der Waals surface area (Å²) in [4.78, 5) is 6.28. The lowest BCUT2D eigenvalue weighted by molar-refractivity contribution is 0.494. The highest BCUT2D eigenvalue weighted by atomic mass is 16.4. The van der Waals surface area contributed by atoms with Gasteiger partial charge in [-0.3, -0.25) is 0 Å². The molecule has 0 radical (unpaired) electrons. The number of furan rings is 1. The molecular formula is C13H13N3O2. The summed E-state index contributed by atoms with van der Waals surface area (Å²) in [5.74, 6) is 0.860. The van der Waals surface area contributed by atoms with Gasteiger partial charge in [-0.1, -0.05) is 0 Å². The Bertz CT molecular complexity index is 658. The first-order valence-electron chi connectivity index (χ1n) is 5.62. The number of nitrogen functional groups attached to an aromatic ring is 1. The molecule has 92 valence electrons. The number of rotatable bonds is 3. The summed E-state index contributed by atoms with van der Waals surface area (Å²) >= 11 is 0. The van der Waals surface area contributed by atoms with E-state index in [0.29, 0.717) is 18.2 Å². The number of hydrogen-bond acceptors (Lipinski definition) is 5. The Morgan fingerprint density at radius 3 is 3.00 bits per heavy atom. The van der Waals surface area contributed by atoms with Gasteiger partial charge in [0.05, 0.1) is 12.8 Å². The minimum absolute atomic E-state index is 0.548. The van der Waals surface area contributed by atoms with Gasteiger partial charge in [0.1, 0.15) is 11.3 Å². The maximum atomic E-state index is 5.71. The third kappa shape index (κ3) is 1.90. The van der Waals surface area contributed by atoms with Gasteiger partial charge in [-0.25, -0.2) is 0 Å². The van der Waals surface area contributed by atoms with Gasteiger partial charge < -0.3 is 19.5 Å². The molecule has 18 heavy (non-hydrogen) atoms. The Labute approximate surface area is 104 Å². The number of anilines is 2. The number of fused-ring (bicyclic) bond motifs is 1. The van der Waals surface area contributed by atoms with Crippen molar-refractivity contribution >= 4 is 22.8 Å². The fourth-order valence-electron chi connectivity index (χ4n) is 1.80. The van der Waals surface area contributed by atoms with Crippen molar-refractivity contribution < 1.29 is 8.83 Å². The average molecular weight is 243 g/mol. The highest BCUT2D eigenvalue weighted by molar-refractivity contribution is 5.78. The van der Waals surface area contributed by atoms with Crippen LogP contribution in [0.25, 0.3) is 11.1 Å². The molecule has 0 saturated heterocycles. The van der Waals surface area contributed by atoms with Crippen molar-refractivity contribution in [3.05, 3.63) is 42.4 Å². The van der Waals surface area contributed by atoms with Gasteiger partial charge in [0.15, 0.2) is 5.58 Å². The number of oxazole rings is 1. The minimum Gasteiger partial charge on any atom is -0.467 e. The first-order valence-corrected chi connectivity index (χ1v) is 5.62. The monoisotopic (exact) mass is 243 g/mol. The third-order valence-corrected chi connectivity index (χ3v) is 2.70. The van der Waals surface area contributed by atoms with Crippen LogP contribution in [0.1, 0.15) is 5.76 Å². The number of nitrogens with two attached hydrogens (primary N) is 1. The molecule has 0 fully saturated rings. The standard InChI is InChI=1S/C13H13N3O2/c1-16(8-10-3-2-6-17-10)13-15-11-7-9(14)4-5-12(11)18-13/h2-7H,8,14H2,1H3. The van der Waals surface area contributed by atoms with Crippen LogP contribution in [0, 0.1) is 0 Å². The molecule has 0 aliphatic rings. The molecule has 0 aliphatic carbocycles. The van der Waals surface area contributed by atoms with Gasteiger partial charge in [0.2, 0.25) is 0 Å². The molecule has 0 unspecified atom stereocenters. The lowest BCUT2D eigenvalue weighted by Crippen LogP contribution is -2.15. The van der Waals surface area contributed by atoms with E-state index in [-0.39, 0.29) is 0 Å². The van der Waals surface area contributed by atoms with Crippen molar-refractivity contribution in [3.63, 3.8) is 0 Å². The molecule has 0 spiro atoms. The molecule has 3 aromatic rings. The SMILES string of the molecule is CN(Cc1ccco1)c1nc2cc(N)ccc2o1. The molecule has 0 amide bonds. The summed E-state index contributed by atoms with van der Waals surface area (Å²) in [5.41, 5.74) is 7.87.